The van der Waals surface area contributed by atoms with Crippen LogP contribution in [0.15, 0.2) is 30.5 Å². The van der Waals surface area contributed by atoms with Gasteiger partial charge in [-0.3, -0.25) is 4.90 Å². The number of nitrogens with zero attached hydrogens (tertiary/aromatic N) is 5. The van der Waals surface area contributed by atoms with Crippen LogP contribution in [0.3, 0.4) is 0 Å². The molecule has 0 bridgehead atoms. The zero-order chi connectivity index (χ0) is 16.7. The Morgan fingerprint density at radius 3 is 2.79 bits per heavy atom. The predicted molar refractivity (Wildman–Crippen MR) is 94.7 cm³/mol. The number of hydrogen-bond acceptors (Lipinski definition) is 4. The summed E-state index contributed by atoms with van der Waals surface area (Å²) >= 11 is 0. The van der Waals surface area contributed by atoms with E-state index in [2.05, 4.69) is 53.5 Å². The zero-order valence-electron chi connectivity index (χ0n) is 14.5. The number of benzene rings is 1. The van der Waals surface area contributed by atoms with Gasteiger partial charge in [0.25, 0.3) is 0 Å². The van der Waals surface area contributed by atoms with Gasteiger partial charge in [-0.2, -0.15) is 0 Å². The molecule has 124 valence electrons. The molecule has 1 aliphatic rings. The Kier molecular flexibility index (Phi) is 3.81. The molecule has 1 aliphatic heterocycles. The fourth-order valence-corrected chi connectivity index (χ4v) is 3.34. The van der Waals surface area contributed by atoms with Crippen LogP contribution in [0, 0.1) is 0 Å². The lowest BCUT2D eigenvalue weighted by atomic mass is 10.1. The Hall–Kier alpha value is -2.27. The quantitative estimate of drug-likeness (QED) is 0.744. The van der Waals surface area contributed by atoms with E-state index < -0.39 is 0 Å². The van der Waals surface area contributed by atoms with Gasteiger partial charge in [0, 0.05) is 49.9 Å². The molecule has 0 saturated carbocycles. The molecule has 0 unspecified atom stereocenters. The normalized spacial score (nSPS) is 15.2. The monoisotopic (exact) mass is 321 g/mol. The summed E-state index contributed by atoms with van der Waals surface area (Å²) in [5.74, 6) is 2.45. The summed E-state index contributed by atoms with van der Waals surface area (Å²) in [4.78, 5) is 16.5. The van der Waals surface area contributed by atoms with Gasteiger partial charge in [-0.1, -0.05) is 26.0 Å². The highest BCUT2D eigenvalue weighted by atomic mass is 15.2. The van der Waals surface area contributed by atoms with Crippen LogP contribution in [-0.2, 0) is 26.6 Å². The summed E-state index contributed by atoms with van der Waals surface area (Å²) in [7, 11) is 2.10. The van der Waals surface area contributed by atoms with Gasteiger partial charge in [0.1, 0.15) is 11.6 Å². The van der Waals surface area contributed by atoms with Crippen LogP contribution in [0.2, 0.25) is 0 Å². The summed E-state index contributed by atoms with van der Waals surface area (Å²) in [5.41, 5.74) is 4.73. The van der Waals surface area contributed by atoms with Gasteiger partial charge in [-0.25, -0.2) is 15.0 Å². The average Bonchev–Trinajstić information content (AvgIpc) is 2.90. The number of para-hydroxylation sites is 2. The maximum Gasteiger partial charge on any atom is 0.131 e. The van der Waals surface area contributed by atoms with Crippen molar-refractivity contribution in [3.05, 3.63) is 53.4 Å². The van der Waals surface area contributed by atoms with Crippen molar-refractivity contribution >= 4 is 11.0 Å². The smallest absolute Gasteiger partial charge is 0.131 e. The van der Waals surface area contributed by atoms with Gasteiger partial charge in [-0.05, 0) is 12.1 Å². The molecule has 3 heterocycles. The van der Waals surface area contributed by atoms with Crippen molar-refractivity contribution in [2.75, 3.05) is 6.54 Å². The Labute approximate surface area is 142 Å². The van der Waals surface area contributed by atoms with E-state index in [0.717, 1.165) is 43.2 Å². The minimum atomic E-state index is 0.383. The molecule has 2 aromatic heterocycles. The maximum atomic E-state index is 4.79. The van der Waals surface area contributed by atoms with E-state index >= 15 is 0 Å². The van der Waals surface area contributed by atoms with Crippen LogP contribution < -0.4 is 0 Å². The van der Waals surface area contributed by atoms with Gasteiger partial charge in [0.2, 0.25) is 0 Å². The third-order valence-corrected chi connectivity index (χ3v) is 4.79. The molecule has 4 rings (SSSR count). The first kappa shape index (κ1) is 15.3. The second kappa shape index (κ2) is 5.98. The Morgan fingerprint density at radius 2 is 2.00 bits per heavy atom. The van der Waals surface area contributed by atoms with Gasteiger partial charge in [-0.15, -0.1) is 0 Å². The number of fused-ring (bicyclic) bond motifs is 2. The first-order chi connectivity index (χ1) is 11.6. The van der Waals surface area contributed by atoms with Crippen molar-refractivity contribution in [1.82, 2.24) is 24.4 Å². The van der Waals surface area contributed by atoms with E-state index in [1.807, 2.05) is 12.3 Å². The number of imidazole rings is 1. The standard InChI is InChI=1S/C19H23N5/c1-13(2)19-20-10-14-11-24(9-8-15(14)22-19)12-18-21-16-6-4-5-7-17(16)23(18)3/h4-7,10,13H,8-9,11-12H2,1-3H3. The molecule has 0 spiro atoms. The Balaban J connectivity index is 1.55. The molecular formula is C19H23N5. The number of aromatic nitrogens is 4. The Morgan fingerprint density at radius 1 is 1.17 bits per heavy atom. The first-order valence-corrected chi connectivity index (χ1v) is 8.59. The summed E-state index contributed by atoms with van der Waals surface area (Å²) in [6.07, 6.45) is 3.00. The number of aryl methyl sites for hydroxylation is 1. The van der Waals surface area contributed by atoms with Crippen LogP contribution in [0.4, 0.5) is 0 Å². The summed E-state index contributed by atoms with van der Waals surface area (Å²) < 4.78 is 2.20. The third-order valence-electron chi connectivity index (χ3n) is 4.79. The SMILES string of the molecule is CC(C)c1ncc2c(n1)CCN(Cc1nc3ccccc3n1C)C2. The lowest BCUT2D eigenvalue weighted by Crippen LogP contribution is -2.32. The Bertz CT molecular complexity index is 881. The second-order valence-electron chi connectivity index (χ2n) is 6.89. The molecule has 5 heteroatoms. The van der Waals surface area contributed by atoms with E-state index in [1.165, 1.54) is 16.8 Å². The minimum absolute atomic E-state index is 0.383. The van der Waals surface area contributed by atoms with Gasteiger partial charge >= 0.3 is 0 Å². The molecule has 0 atom stereocenters. The van der Waals surface area contributed by atoms with E-state index in [4.69, 9.17) is 9.97 Å². The number of rotatable bonds is 3. The topological polar surface area (TPSA) is 46.8 Å². The van der Waals surface area contributed by atoms with Crippen molar-refractivity contribution in [3.63, 3.8) is 0 Å². The van der Waals surface area contributed by atoms with E-state index in [-0.39, 0.29) is 0 Å². The lowest BCUT2D eigenvalue weighted by molar-refractivity contribution is 0.234. The van der Waals surface area contributed by atoms with Gasteiger partial charge in [0.15, 0.2) is 0 Å². The van der Waals surface area contributed by atoms with Crippen molar-refractivity contribution < 1.29 is 0 Å². The van der Waals surface area contributed by atoms with E-state index in [9.17, 15) is 0 Å². The fraction of sp³-hybridized carbons (Fsp3) is 0.421. The molecule has 5 nitrogen and oxygen atoms in total. The third kappa shape index (κ3) is 2.69. The van der Waals surface area contributed by atoms with E-state index in [0.29, 0.717) is 5.92 Å². The van der Waals surface area contributed by atoms with Crippen LogP contribution in [0.1, 0.15) is 42.7 Å². The molecule has 1 aromatic carbocycles. The molecular weight excluding hydrogens is 298 g/mol. The molecule has 0 saturated heterocycles. The van der Waals surface area contributed by atoms with Gasteiger partial charge < -0.3 is 4.57 Å². The van der Waals surface area contributed by atoms with Gasteiger partial charge in [0.05, 0.1) is 17.6 Å². The minimum Gasteiger partial charge on any atom is -0.330 e. The molecule has 0 radical (unpaired) electrons. The van der Waals surface area contributed by atoms with Crippen LogP contribution >= 0.6 is 0 Å². The molecule has 0 amide bonds. The maximum absolute atomic E-state index is 4.79. The number of hydrogen-bond donors (Lipinski definition) is 0. The van der Waals surface area contributed by atoms with Crippen molar-refractivity contribution in [3.8, 4) is 0 Å². The summed E-state index contributed by atoms with van der Waals surface area (Å²) in [6, 6.07) is 8.30. The molecule has 24 heavy (non-hydrogen) atoms. The second-order valence-corrected chi connectivity index (χ2v) is 6.89. The van der Waals surface area contributed by atoms with Crippen molar-refractivity contribution in [2.24, 2.45) is 7.05 Å². The molecule has 3 aromatic rings. The highest BCUT2D eigenvalue weighted by molar-refractivity contribution is 5.75. The fourth-order valence-electron chi connectivity index (χ4n) is 3.34. The van der Waals surface area contributed by atoms with Crippen molar-refractivity contribution in [2.45, 2.75) is 39.3 Å². The first-order valence-electron chi connectivity index (χ1n) is 8.59. The van der Waals surface area contributed by atoms with E-state index in [1.54, 1.807) is 0 Å². The predicted octanol–water partition coefficient (Wildman–Crippen LogP) is 3.05. The molecule has 0 aliphatic carbocycles. The van der Waals surface area contributed by atoms with Crippen LogP contribution in [0.25, 0.3) is 11.0 Å². The molecule has 0 fully saturated rings. The zero-order valence-corrected chi connectivity index (χ0v) is 14.5. The molecule has 0 N–H and O–H groups in total. The average molecular weight is 321 g/mol. The highest BCUT2D eigenvalue weighted by Gasteiger charge is 2.20. The summed E-state index contributed by atoms with van der Waals surface area (Å²) in [5, 5.41) is 0. The lowest BCUT2D eigenvalue weighted by Gasteiger charge is -2.27. The van der Waals surface area contributed by atoms with Crippen molar-refractivity contribution in [1.29, 1.82) is 0 Å². The largest absolute Gasteiger partial charge is 0.330 e. The van der Waals surface area contributed by atoms with Crippen LogP contribution in [0.5, 0.6) is 0 Å². The van der Waals surface area contributed by atoms with Crippen LogP contribution in [-0.4, -0.2) is 31.0 Å². The summed E-state index contributed by atoms with van der Waals surface area (Å²) in [6.45, 7) is 7.06. The highest BCUT2D eigenvalue weighted by Crippen LogP contribution is 2.21.